The average molecular weight is 1070 g/mol. The predicted octanol–water partition coefficient (Wildman–Crippen LogP) is 8.25. The zero-order valence-corrected chi connectivity index (χ0v) is 42.0. The second-order valence-corrected chi connectivity index (χ2v) is 25.0. The van der Waals surface area contributed by atoms with E-state index in [-0.39, 0.29) is 45.6 Å². The van der Waals surface area contributed by atoms with Gasteiger partial charge in [0.2, 0.25) is 11.1 Å². The van der Waals surface area contributed by atoms with E-state index < -0.39 is 72.2 Å². The molecule has 2 atom stereocenters. The van der Waals surface area contributed by atoms with E-state index in [4.69, 9.17) is 14.8 Å². The van der Waals surface area contributed by atoms with Gasteiger partial charge in [0, 0.05) is 69.2 Å². The monoisotopic (exact) mass is 1070 g/mol. The smallest absolute Gasteiger partial charge is 0.286 e. The molecule has 6 N–H and O–H groups in total. The van der Waals surface area contributed by atoms with E-state index in [0.29, 0.717) is 87.0 Å². The van der Waals surface area contributed by atoms with E-state index in [1.54, 1.807) is 72.9 Å². The molecular formula is C43H48N2O18S6+2. The molecule has 1 spiro atoms. The third-order valence-electron chi connectivity index (χ3n) is 12.7. The van der Waals surface area contributed by atoms with Crippen LogP contribution in [0.15, 0.2) is 116 Å². The maximum absolute atomic E-state index is 13.2. The van der Waals surface area contributed by atoms with Gasteiger partial charge in [-0.2, -0.15) is 38.2 Å². The van der Waals surface area contributed by atoms with Gasteiger partial charge < -0.3 is 0 Å². The molecule has 0 saturated carbocycles. The zero-order valence-electron chi connectivity index (χ0n) is 37.1. The van der Waals surface area contributed by atoms with Crippen molar-refractivity contribution in [3.63, 3.8) is 0 Å². The van der Waals surface area contributed by atoms with Crippen LogP contribution in [0.4, 0.5) is 11.4 Å². The highest BCUT2D eigenvalue weighted by Gasteiger charge is 2.63. The van der Waals surface area contributed by atoms with Gasteiger partial charge in [0.15, 0.2) is 5.71 Å². The third kappa shape index (κ3) is 10.3. The standard InChI is InChI=1S/C43H46N2O18S6/c1-42(2)35(44(20-10-11-22-66(48,49)50)31-18-16-27-23-29(64-62-60-46)25-34(68(54,55)56)39(27)40(31)42)13-8-6-5-7-9-14-36-43(3,4)41-32(45(36)21-12-15-37(45)69(57,58)59)19-17-28-24-30(67(51,52)53)26-33(38(28)41)65-63-61-47/h5-9,13-14,16-19,23-26,37H,10-12,15,20-22H2,1-4H3,(H4-2,46,47,48,49,50,51,52,53,54,55,56,57,58,59)/p+2/b6-5+,9-7+,13-8+,36-14+. The number of nitrogens with zero attached hydrogens (tertiary/aromatic N) is 2. The van der Waals surface area contributed by atoms with E-state index in [0.717, 1.165) is 6.07 Å². The number of hydrogen-bond acceptors (Lipinski definition) is 16. The molecule has 0 aromatic heterocycles. The lowest BCUT2D eigenvalue weighted by Crippen LogP contribution is -2.55. The van der Waals surface area contributed by atoms with Crippen LogP contribution >= 0.6 is 24.1 Å². The fourth-order valence-electron chi connectivity index (χ4n) is 10.3. The average Bonchev–Trinajstić information content (AvgIpc) is 3.85. The molecule has 4 aromatic carbocycles. The Balaban J connectivity index is 1.29. The molecule has 7 rings (SSSR count). The molecule has 2 unspecified atom stereocenters. The van der Waals surface area contributed by atoms with Crippen LogP contribution in [-0.4, -0.2) is 96.9 Å². The molecule has 1 saturated heterocycles. The number of hydrogen-bond donors (Lipinski definition) is 6. The SMILES string of the molecule is CC1(C)C(/C=C/C=C/C=C/C=C2\C(C)(C)c3c(ccc4cc(S(=O)(=O)O)cc(SOOO)c34)[N+]23CCCC3S(=O)(=O)O)=[N+](CCCCS(=O)(=O)O)c2ccc3cc(SOOO)cc(S(=O)(=O)O)c3c21. The van der Waals surface area contributed by atoms with Gasteiger partial charge in [0.25, 0.3) is 30.4 Å². The van der Waals surface area contributed by atoms with Gasteiger partial charge in [-0.25, -0.2) is 15.0 Å². The van der Waals surface area contributed by atoms with E-state index in [1.165, 1.54) is 12.1 Å². The first-order valence-corrected chi connectivity index (χ1v) is 28.3. The highest BCUT2D eigenvalue weighted by Crippen LogP contribution is 2.60. The summed E-state index contributed by atoms with van der Waals surface area (Å²) in [6.45, 7) is 7.98. The van der Waals surface area contributed by atoms with Crippen molar-refractivity contribution >= 4 is 103 Å². The molecular weight excluding hydrogens is 1020 g/mol. The molecule has 0 bridgehead atoms. The first kappa shape index (κ1) is 52.9. The largest absolute Gasteiger partial charge is 0.320 e. The molecule has 3 aliphatic heterocycles. The molecule has 69 heavy (non-hydrogen) atoms. The molecule has 0 aliphatic carbocycles. The van der Waals surface area contributed by atoms with Gasteiger partial charge in [-0.15, -0.1) is 8.67 Å². The minimum absolute atomic E-state index is 0.116. The van der Waals surface area contributed by atoms with Crippen molar-refractivity contribution in [3.8, 4) is 0 Å². The summed E-state index contributed by atoms with van der Waals surface area (Å²) in [6, 6.07) is 11.8. The summed E-state index contributed by atoms with van der Waals surface area (Å²) in [5.74, 6) is -0.471. The van der Waals surface area contributed by atoms with Crippen LogP contribution < -0.4 is 4.48 Å². The fraction of sp³-hybridized carbons (Fsp3) is 0.326. The fourth-order valence-corrected chi connectivity index (χ4v) is 14.6. The minimum Gasteiger partial charge on any atom is -0.286 e. The van der Waals surface area contributed by atoms with Gasteiger partial charge >= 0.3 is 10.1 Å². The number of fused-ring (bicyclic) bond motifs is 7. The Labute approximate surface area is 406 Å². The van der Waals surface area contributed by atoms with Crippen LogP contribution in [0.3, 0.4) is 0 Å². The van der Waals surface area contributed by atoms with Gasteiger partial charge in [-0.1, -0.05) is 40.5 Å². The zero-order chi connectivity index (χ0) is 50.5. The Morgan fingerprint density at radius 1 is 0.739 bits per heavy atom. The first-order chi connectivity index (χ1) is 32.2. The van der Waals surface area contributed by atoms with Crippen molar-refractivity contribution in [2.75, 3.05) is 18.8 Å². The van der Waals surface area contributed by atoms with Crippen molar-refractivity contribution in [2.24, 2.45) is 0 Å². The summed E-state index contributed by atoms with van der Waals surface area (Å²) in [5, 5.41) is 25.3. The van der Waals surface area contributed by atoms with Crippen LogP contribution in [0.5, 0.6) is 0 Å². The summed E-state index contributed by atoms with van der Waals surface area (Å²) < 4.78 is 151. The Morgan fingerprint density at radius 2 is 1.39 bits per heavy atom. The van der Waals surface area contributed by atoms with Crippen LogP contribution in [-0.2, 0) is 70.0 Å². The molecule has 1 fully saturated rings. The maximum Gasteiger partial charge on any atom is 0.320 e. The highest BCUT2D eigenvalue weighted by atomic mass is 32.2. The molecule has 372 valence electrons. The number of rotatable bonds is 18. The normalized spacial score (nSPS) is 21.1. The van der Waals surface area contributed by atoms with Crippen LogP contribution in [0, 0.1) is 0 Å². The molecule has 3 heterocycles. The molecule has 0 radical (unpaired) electrons. The van der Waals surface area contributed by atoms with Gasteiger partial charge in [-0.05, 0) is 87.4 Å². The Bertz CT molecular complexity index is 3370. The third-order valence-corrected chi connectivity index (χ3v) is 17.7. The quantitative estimate of drug-likeness (QED) is 0.00798. The molecule has 4 aromatic rings. The molecule has 26 heteroatoms. The first-order valence-electron chi connectivity index (χ1n) is 20.8. The minimum atomic E-state index is -4.85. The van der Waals surface area contributed by atoms with Crippen LogP contribution in [0.2, 0.25) is 0 Å². The van der Waals surface area contributed by atoms with Crippen molar-refractivity contribution in [1.82, 2.24) is 4.48 Å². The second kappa shape index (κ2) is 19.6. The van der Waals surface area contributed by atoms with Crippen molar-refractivity contribution in [2.45, 2.75) is 89.2 Å². The van der Waals surface area contributed by atoms with Gasteiger partial charge in [0.05, 0.1) is 52.1 Å². The van der Waals surface area contributed by atoms with Crippen LogP contribution in [0.1, 0.15) is 64.5 Å². The lowest BCUT2D eigenvalue weighted by atomic mass is 9.79. The van der Waals surface area contributed by atoms with Crippen molar-refractivity contribution in [1.29, 1.82) is 0 Å². The Kier molecular flexibility index (Phi) is 15.0. The lowest BCUT2D eigenvalue weighted by molar-refractivity contribution is -0.438. The number of allylic oxidation sites excluding steroid dienone is 8. The van der Waals surface area contributed by atoms with Gasteiger partial charge in [-0.3, -0.25) is 18.2 Å². The number of unbranched alkanes of at least 4 members (excludes halogenated alkanes) is 1. The highest BCUT2D eigenvalue weighted by molar-refractivity contribution is 7.95. The summed E-state index contributed by atoms with van der Waals surface area (Å²) in [7, 11) is -18.5. The molecule has 20 nitrogen and oxygen atoms in total. The summed E-state index contributed by atoms with van der Waals surface area (Å²) in [5.41, 5.74) is 1.56. The van der Waals surface area contributed by atoms with E-state index >= 15 is 0 Å². The van der Waals surface area contributed by atoms with E-state index in [1.807, 2.05) is 32.3 Å². The maximum atomic E-state index is 13.2. The number of benzene rings is 4. The predicted molar refractivity (Wildman–Crippen MR) is 257 cm³/mol. The molecule has 0 amide bonds. The number of quaternary nitrogens is 1. The van der Waals surface area contributed by atoms with Crippen LogP contribution in [0.25, 0.3) is 21.5 Å². The second-order valence-electron chi connectivity index (χ2n) is 17.5. The van der Waals surface area contributed by atoms with E-state index in [9.17, 15) is 51.9 Å². The van der Waals surface area contributed by atoms with E-state index in [2.05, 4.69) is 14.4 Å². The van der Waals surface area contributed by atoms with Crippen molar-refractivity contribution < 1.29 is 85.7 Å². The Hall–Kier alpha value is -3.91. The Morgan fingerprint density at radius 3 is 2.04 bits per heavy atom. The topological polar surface area (TPSA) is 298 Å². The summed E-state index contributed by atoms with van der Waals surface area (Å²) >= 11 is 0.986. The lowest BCUT2D eigenvalue weighted by Gasteiger charge is -2.37. The summed E-state index contributed by atoms with van der Waals surface area (Å²) in [6.07, 6.45) is 13.1. The van der Waals surface area contributed by atoms with Gasteiger partial charge in [0.1, 0.15) is 22.8 Å². The van der Waals surface area contributed by atoms with Crippen molar-refractivity contribution in [3.05, 3.63) is 108 Å². The molecule has 3 aliphatic rings. The summed E-state index contributed by atoms with van der Waals surface area (Å²) in [4.78, 5) is -0.582.